The van der Waals surface area contributed by atoms with Crippen molar-refractivity contribution in [2.24, 2.45) is 5.73 Å². The van der Waals surface area contributed by atoms with Gasteiger partial charge in [0.15, 0.2) is 6.10 Å². The molecule has 1 aromatic rings. The fraction of sp³-hybridized carbons (Fsp3) is 0.500. The van der Waals surface area contributed by atoms with E-state index in [4.69, 9.17) is 24.7 Å². The minimum atomic E-state index is -0.986. The van der Waals surface area contributed by atoms with Gasteiger partial charge in [0.05, 0.1) is 6.04 Å². The number of ether oxygens (including phenoxy) is 4. The number of amides is 1. The van der Waals surface area contributed by atoms with E-state index in [9.17, 15) is 19.2 Å². The largest absolute Gasteiger partial charge is 0.463 e. The van der Waals surface area contributed by atoms with Crippen LogP contribution in [0.5, 0.6) is 0 Å². The van der Waals surface area contributed by atoms with Gasteiger partial charge in [-0.2, -0.15) is 0 Å². The number of anilines is 1. The van der Waals surface area contributed by atoms with Crippen molar-refractivity contribution in [1.29, 1.82) is 0 Å². The lowest BCUT2D eigenvalue weighted by Gasteiger charge is -2.43. The molecule has 11 heteroatoms. The topological polar surface area (TPSA) is 143 Å². The summed E-state index contributed by atoms with van der Waals surface area (Å²) in [5.41, 5.74) is 6.16. The Morgan fingerprint density at radius 1 is 0.968 bits per heavy atom. The smallest absolute Gasteiger partial charge is 0.303 e. The second-order valence-corrected chi connectivity index (χ2v) is 8.07. The summed E-state index contributed by atoms with van der Waals surface area (Å²) >= 11 is 1.23. The standard InChI is InChI=1S/C20H26N2O8S/c1-10(23)22-14-5-7-15(8-6-14)31-20-19(29-13(4)26)17(21)18(28-12(3)25)16(30-20)9-27-11(2)24/h5-8,16-20H,9,21H2,1-4H3,(H,22,23). The van der Waals surface area contributed by atoms with Crippen molar-refractivity contribution in [1.82, 2.24) is 0 Å². The third-order valence-electron chi connectivity index (χ3n) is 4.18. The highest BCUT2D eigenvalue weighted by Crippen LogP contribution is 2.36. The van der Waals surface area contributed by atoms with Crippen LogP contribution in [0.2, 0.25) is 0 Å². The summed E-state index contributed by atoms with van der Waals surface area (Å²) in [6.45, 7) is 4.92. The van der Waals surface area contributed by atoms with Crippen molar-refractivity contribution < 1.29 is 38.1 Å². The third kappa shape index (κ3) is 7.53. The zero-order valence-electron chi connectivity index (χ0n) is 17.7. The van der Waals surface area contributed by atoms with Crippen LogP contribution in [-0.4, -0.2) is 60.2 Å². The Morgan fingerprint density at radius 2 is 1.55 bits per heavy atom. The van der Waals surface area contributed by atoms with Gasteiger partial charge < -0.3 is 30.0 Å². The molecule has 0 aromatic heterocycles. The van der Waals surface area contributed by atoms with Gasteiger partial charge in [0.25, 0.3) is 0 Å². The number of hydrogen-bond acceptors (Lipinski definition) is 10. The monoisotopic (exact) mass is 454 g/mol. The quantitative estimate of drug-likeness (QED) is 0.456. The Morgan fingerprint density at radius 3 is 2.06 bits per heavy atom. The second-order valence-electron chi connectivity index (χ2n) is 6.89. The number of nitrogens with two attached hydrogens (primary N) is 1. The van der Waals surface area contributed by atoms with Gasteiger partial charge in [-0.1, -0.05) is 11.8 Å². The molecule has 31 heavy (non-hydrogen) atoms. The maximum absolute atomic E-state index is 11.7. The van der Waals surface area contributed by atoms with Crippen molar-refractivity contribution in [3.8, 4) is 0 Å². The molecule has 1 fully saturated rings. The number of thioether (sulfide) groups is 1. The maximum Gasteiger partial charge on any atom is 0.303 e. The Labute approximate surface area is 184 Å². The predicted molar refractivity (Wildman–Crippen MR) is 111 cm³/mol. The van der Waals surface area contributed by atoms with E-state index in [-0.39, 0.29) is 12.5 Å². The Kier molecular flexibility index (Phi) is 8.84. The van der Waals surface area contributed by atoms with Gasteiger partial charge in [0.2, 0.25) is 5.91 Å². The lowest BCUT2D eigenvalue weighted by atomic mass is 9.97. The first-order chi connectivity index (χ1) is 14.6. The number of carbonyl (C=O) groups excluding carboxylic acids is 4. The maximum atomic E-state index is 11.7. The molecule has 170 valence electrons. The van der Waals surface area contributed by atoms with Crippen LogP contribution in [-0.2, 0) is 38.1 Å². The van der Waals surface area contributed by atoms with Gasteiger partial charge >= 0.3 is 17.9 Å². The highest BCUT2D eigenvalue weighted by molar-refractivity contribution is 7.99. The van der Waals surface area contributed by atoms with Crippen molar-refractivity contribution in [3.63, 3.8) is 0 Å². The van der Waals surface area contributed by atoms with E-state index in [0.717, 1.165) is 4.90 Å². The first-order valence-electron chi connectivity index (χ1n) is 9.50. The molecule has 1 saturated heterocycles. The van der Waals surface area contributed by atoms with Crippen LogP contribution < -0.4 is 11.1 Å². The molecular formula is C20H26N2O8S. The number of carbonyl (C=O) groups is 4. The van der Waals surface area contributed by atoms with E-state index in [1.807, 2.05) is 0 Å². The highest BCUT2D eigenvalue weighted by atomic mass is 32.2. The van der Waals surface area contributed by atoms with Gasteiger partial charge in [-0.3, -0.25) is 19.2 Å². The first-order valence-corrected chi connectivity index (χ1v) is 10.4. The fourth-order valence-corrected chi connectivity index (χ4v) is 4.13. The molecule has 0 radical (unpaired) electrons. The molecule has 0 bridgehead atoms. The van der Waals surface area contributed by atoms with E-state index in [1.54, 1.807) is 24.3 Å². The summed E-state index contributed by atoms with van der Waals surface area (Å²) in [5.74, 6) is -1.89. The zero-order valence-corrected chi connectivity index (χ0v) is 18.5. The van der Waals surface area contributed by atoms with Gasteiger partial charge in [-0.15, -0.1) is 0 Å². The minimum Gasteiger partial charge on any atom is -0.463 e. The first kappa shape index (κ1) is 24.6. The summed E-state index contributed by atoms with van der Waals surface area (Å²) in [6.07, 6.45) is -2.78. The molecular weight excluding hydrogens is 428 g/mol. The van der Waals surface area contributed by atoms with Crippen LogP contribution in [0, 0.1) is 0 Å². The number of benzene rings is 1. The molecule has 1 aliphatic rings. The number of hydrogen-bond donors (Lipinski definition) is 2. The van der Waals surface area contributed by atoms with E-state index in [1.165, 1.54) is 39.5 Å². The molecule has 0 aliphatic carbocycles. The number of rotatable bonds is 7. The lowest BCUT2D eigenvalue weighted by molar-refractivity contribution is -0.201. The zero-order chi connectivity index (χ0) is 23.1. The lowest BCUT2D eigenvalue weighted by Crippen LogP contribution is -2.63. The van der Waals surface area contributed by atoms with E-state index in [0.29, 0.717) is 5.69 Å². The molecule has 1 aromatic carbocycles. The average molecular weight is 455 g/mol. The van der Waals surface area contributed by atoms with Crippen LogP contribution in [0.25, 0.3) is 0 Å². The summed E-state index contributed by atoms with van der Waals surface area (Å²) in [4.78, 5) is 46.4. The van der Waals surface area contributed by atoms with Crippen LogP contribution in [0.3, 0.4) is 0 Å². The van der Waals surface area contributed by atoms with Crippen molar-refractivity contribution in [2.45, 2.75) is 62.4 Å². The van der Waals surface area contributed by atoms with Crippen LogP contribution >= 0.6 is 11.8 Å². The van der Waals surface area contributed by atoms with Crippen LogP contribution in [0.15, 0.2) is 29.2 Å². The van der Waals surface area contributed by atoms with Gasteiger partial charge in [-0.05, 0) is 24.3 Å². The van der Waals surface area contributed by atoms with E-state index < -0.39 is 47.7 Å². The molecule has 0 saturated carbocycles. The van der Waals surface area contributed by atoms with Crippen molar-refractivity contribution in [2.75, 3.05) is 11.9 Å². The third-order valence-corrected chi connectivity index (χ3v) is 5.34. The van der Waals surface area contributed by atoms with Gasteiger partial charge in [0.1, 0.15) is 24.3 Å². The Bertz CT molecular complexity index is 814. The summed E-state index contributed by atoms with van der Waals surface area (Å²) in [5, 5.41) is 2.67. The normalized spacial score (nSPS) is 25.3. The molecule has 2 rings (SSSR count). The summed E-state index contributed by atoms with van der Waals surface area (Å²) < 4.78 is 21.7. The highest BCUT2D eigenvalue weighted by Gasteiger charge is 2.48. The average Bonchev–Trinajstić information content (AvgIpc) is 2.66. The molecule has 5 unspecified atom stereocenters. The Balaban J connectivity index is 2.26. The minimum absolute atomic E-state index is 0.188. The second kappa shape index (κ2) is 11.1. The molecule has 1 amide bonds. The van der Waals surface area contributed by atoms with Crippen molar-refractivity contribution in [3.05, 3.63) is 24.3 Å². The molecule has 10 nitrogen and oxygen atoms in total. The molecule has 0 spiro atoms. The van der Waals surface area contributed by atoms with Crippen LogP contribution in [0.1, 0.15) is 27.7 Å². The fourth-order valence-electron chi connectivity index (χ4n) is 3.00. The van der Waals surface area contributed by atoms with Crippen LogP contribution in [0.4, 0.5) is 5.69 Å². The van der Waals surface area contributed by atoms with E-state index in [2.05, 4.69) is 5.32 Å². The van der Waals surface area contributed by atoms with Gasteiger partial charge in [0, 0.05) is 38.3 Å². The molecule has 5 atom stereocenters. The molecule has 1 aliphatic heterocycles. The van der Waals surface area contributed by atoms with E-state index >= 15 is 0 Å². The molecule has 3 N–H and O–H groups in total. The summed E-state index contributed by atoms with van der Waals surface area (Å²) in [7, 11) is 0. The van der Waals surface area contributed by atoms with Gasteiger partial charge in [-0.25, -0.2) is 0 Å². The number of nitrogens with one attached hydrogen (secondary N) is 1. The number of esters is 3. The predicted octanol–water partition coefficient (Wildman–Crippen LogP) is 1.22. The SMILES string of the molecule is CC(=O)Nc1ccc(SC2OC(COC(C)=O)C(OC(C)=O)C(N)C2OC(C)=O)cc1. The molecule has 1 heterocycles. The summed E-state index contributed by atoms with van der Waals surface area (Å²) in [6, 6.07) is 6.03. The Hall–Kier alpha value is -2.63. The van der Waals surface area contributed by atoms with Crippen molar-refractivity contribution >= 4 is 41.3 Å².